The largest absolute Gasteiger partial charge is 0.481 e. The van der Waals surface area contributed by atoms with E-state index in [-0.39, 0.29) is 24.7 Å². The fraction of sp³-hybridized carbons (Fsp3) is 0.571. The molecule has 5 heteroatoms. The van der Waals surface area contributed by atoms with Crippen LogP contribution in [0.2, 0.25) is 0 Å². The topological polar surface area (TPSA) is 66.4 Å². The first kappa shape index (κ1) is 14.1. The number of amides is 1. The number of carbonyl (C=O) groups excluding carboxylic acids is 1. The number of thiophene rings is 1. The Morgan fingerprint density at radius 1 is 1.37 bits per heavy atom. The van der Waals surface area contributed by atoms with Crippen LogP contribution in [0.5, 0.6) is 0 Å². The number of carboxylic acids is 1. The van der Waals surface area contributed by atoms with Gasteiger partial charge in [-0.05, 0) is 24.3 Å². The minimum Gasteiger partial charge on any atom is -0.481 e. The van der Waals surface area contributed by atoms with Crippen molar-refractivity contribution in [3.63, 3.8) is 0 Å². The average Bonchev–Trinajstić information content (AvgIpc) is 2.99. The maximum absolute atomic E-state index is 12.0. The Bertz CT molecular complexity index is 424. The van der Waals surface area contributed by atoms with E-state index in [1.807, 2.05) is 17.5 Å². The molecule has 0 radical (unpaired) electrons. The Labute approximate surface area is 116 Å². The highest BCUT2D eigenvalue weighted by molar-refractivity contribution is 7.10. The van der Waals surface area contributed by atoms with E-state index in [0.29, 0.717) is 6.04 Å². The molecule has 104 valence electrons. The van der Waals surface area contributed by atoms with Crippen LogP contribution in [0.25, 0.3) is 0 Å². The summed E-state index contributed by atoms with van der Waals surface area (Å²) in [5.74, 6) is -1.09. The zero-order valence-electron chi connectivity index (χ0n) is 10.8. The van der Waals surface area contributed by atoms with Gasteiger partial charge in [0.25, 0.3) is 0 Å². The number of nitrogens with one attached hydrogen (secondary N) is 1. The predicted molar refractivity (Wildman–Crippen MR) is 74.3 cm³/mol. The van der Waals surface area contributed by atoms with Gasteiger partial charge in [0.1, 0.15) is 0 Å². The van der Waals surface area contributed by atoms with E-state index in [4.69, 9.17) is 5.11 Å². The Morgan fingerprint density at radius 3 is 2.68 bits per heavy atom. The molecule has 0 aliphatic heterocycles. The van der Waals surface area contributed by atoms with Crippen molar-refractivity contribution in [3.05, 3.63) is 22.4 Å². The van der Waals surface area contributed by atoms with E-state index in [2.05, 4.69) is 5.32 Å². The van der Waals surface area contributed by atoms with Crippen molar-refractivity contribution < 1.29 is 14.7 Å². The highest BCUT2D eigenvalue weighted by atomic mass is 32.1. The normalized spacial score (nSPS) is 17.3. The van der Waals surface area contributed by atoms with Crippen LogP contribution in [0, 0.1) is 0 Å². The third kappa shape index (κ3) is 4.35. The van der Waals surface area contributed by atoms with Gasteiger partial charge in [0.15, 0.2) is 0 Å². The van der Waals surface area contributed by atoms with Crippen molar-refractivity contribution in [1.29, 1.82) is 0 Å². The second-order valence-electron chi connectivity index (χ2n) is 5.06. The van der Waals surface area contributed by atoms with E-state index in [1.54, 1.807) is 0 Å². The smallest absolute Gasteiger partial charge is 0.304 e. The highest BCUT2D eigenvalue weighted by Crippen LogP contribution is 2.28. The molecule has 4 nitrogen and oxygen atoms in total. The second kappa shape index (κ2) is 6.70. The molecule has 0 aromatic carbocycles. The Balaban J connectivity index is 1.91. The van der Waals surface area contributed by atoms with Gasteiger partial charge in [-0.1, -0.05) is 18.9 Å². The zero-order chi connectivity index (χ0) is 13.7. The molecule has 1 fully saturated rings. The van der Waals surface area contributed by atoms with Crippen LogP contribution in [0.3, 0.4) is 0 Å². The van der Waals surface area contributed by atoms with Crippen molar-refractivity contribution >= 4 is 23.2 Å². The van der Waals surface area contributed by atoms with Gasteiger partial charge in [-0.25, -0.2) is 0 Å². The number of carboxylic acid groups (broad SMARTS) is 1. The summed E-state index contributed by atoms with van der Waals surface area (Å²) in [4.78, 5) is 23.9. The lowest BCUT2D eigenvalue weighted by atomic mass is 9.99. The summed E-state index contributed by atoms with van der Waals surface area (Å²) in [6.45, 7) is 0. The molecule has 1 aliphatic rings. The summed E-state index contributed by atoms with van der Waals surface area (Å²) in [6.07, 6.45) is 4.73. The molecule has 1 amide bonds. The summed E-state index contributed by atoms with van der Waals surface area (Å²) >= 11 is 1.51. The van der Waals surface area contributed by atoms with Gasteiger partial charge in [0.2, 0.25) is 5.91 Å². The minimum absolute atomic E-state index is 0.0125. The van der Waals surface area contributed by atoms with Crippen LogP contribution in [0.4, 0.5) is 0 Å². The van der Waals surface area contributed by atoms with E-state index in [9.17, 15) is 9.59 Å². The fourth-order valence-electron chi connectivity index (χ4n) is 2.59. The van der Waals surface area contributed by atoms with E-state index in [0.717, 1.165) is 17.7 Å². The van der Waals surface area contributed by atoms with Crippen LogP contribution in [0.15, 0.2) is 17.5 Å². The van der Waals surface area contributed by atoms with E-state index >= 15 is 0 Å². The predicted octanol–water partition coefficient (Wildman–Crippen LogP) is 2.76. The number of carbonyl (C=O) groups is 2. The summed E-state index contributed by atoms with van der Waals surface area (Å²) in [7, 11) is 0. The number of aliphatic carboxylic acids is 1. The van der Waals surface area contributed by atoms with Gasteiger partial charge in [0, 0.05) is 23.3 Å². The third-order valence-corrected chi connectivity index (χ3v) is 4.55. The molecule has 1 heterocycles. The van der Waals surface area contributed by atoms with Crippen molar-refractivity contribution in [2.45, 2.75) is 50.5 Å². The molecular formula is C14H19NO3S. The summed E-state index contributed by atoms with van der Waals surface area (Å²) in [6, 6.07) is 4.09. The first-order valence-electron chi connectivity index (χ1n) is 6.69. The number of rotatable bonds is 6. The number of hydrogen-bond acceptors (Lipinski definition) is 3. The van der Waals surface area contributed by atoms with E-state index < -0.39 is 5.97 Å². The maximum Gasteiger partial charge on any atom is 0.304 e. The second-order valence-corrected chi connectivity index (χ2v) is 6.04. The first-order chi connectivity index (χ1) is 9.15. The van der Waals surface area contributed by atoms with Crippen LogP contribution in [0.1, 0.15) is 49.3 Å². The van der Waals surface area contributed by atoms with Gasteiger partial charge < -0.3 is 10.4 Å². The van der Waals surface area contributed by atoms with Gasteiger partial charge in [-0.15, -0.1) is 11.3 Å². The Morgan fingerprint density at radius 2 is 2.11 bits per heavy atom. The van der Waals surface area contributed by atoms with Gasteiger partial charge in [-0.2, -0.15) is 0 Å². The lowest BCUT2D eigenvalue weighted by Crippen LogP contribution is -2.33. The molecule has 0 spiro atoms. The van der Waals surface area contributed by atoms with Crippen LogP contribution >= 0.6 is 11.3 Å². The molecule has 2 rings (SSSR count). The van der Waals surface area contributed by atoms with Gasteiger partial charge in [0.05, 0.1) is 6.42 Å². The lowest BCUT2D eigenvalue weighted by Gasteiger charge is -2.16. The van der Waals surface area contributed by atoms with Crippen molar-refractivity contribution in [2.75, 3.05) is 0 Å². The zero-order valence-corrected chi connectivity index (χ0v) is 11.6. The Hall–Kier alpha value is -1.36. The van der Waals surface area contributed by atoms with Crippen molar-refractivity contribution in [3.8, 4) is 0 Å². The SMILES string of the molecule is O=C(O)C[C@@H](CC(=O)NC1CCCC1)c1cccs1. The third-order valence-electron chi connectivity index (χ3n) is 3.52. The molecular weight excluding hydrogens is 262 g/mol. The molecule has 0 bridgehead atoms. The quantitative estimate of drug-likeness (QED) is 0.842. The monoisotopic (exact) mass is 281 g/mol. The van der Waals surface area contributed by atoms with Crippen LogP contribution in [-0.4, -0.2) is 23.0 Å². The van der Waals surface area contributed by atoms with Crippen molar-refractivity contribution in [2.24, 2.45) is 0 Å². The summed E-state index contributed by atoms with van der Waals surface area (Å²) < 4.78 is 0. The maximum atomic E-state index is 12.0. The van der Waals surface area contributed by atoms with Crippen LogP contribution < -0.4 is 5.32 Å². The van der Waals surface area contributed by atoms with Gasteiger partial charge in [-0.3, -0.25) is 9.59 Å². The molecule has 2 N–H and O–H groups in total. The molecule has 1 aromatic rings. The summed E-state index contributed by atoms with van der Waals surface area (Å²) in [5, 5.41) is 13.9. The first-order valence-corrected chi connectivity index (χ1v) is 7.57. The Kier molecular flexibility index (Phi) is 4.96. The lowest BCUT2D eigenvalue weighted by molar-refractivity contribution is -0.137. The molecule has 1 aromatic heterocycles. The molecule has 0 unspecified atom stereocenters. The molecule has 0 saturated heterocycles. The fourth-order valence-corrected chi connectivity index (χ4v) is 3.42. The average molecular weight is 281 g/mol. The minimum atomic E-state index is -0.855. The molecule has 1 aliphatic carbocycles. The molecule has 19 heavy (non-hydrogen) atoms. The van der Waals surface area contributed by atoms with Gasteiger partial charge >= 0.3 is 5.97 Å². The van der Waals surface area contributed by atoms with Crippen LogP contribution in [-0.2, 0) is 9.59 Å². The highest BCUT2D eigenvalue weighted by Gasteiger charge is 2.23. The molecule has 1 atom stereocenters. The van der Waals surface area contributed by atoms with Crippen molar-refractivity contribution in [1.82, 2.24) is 5.32 Å². The molecule has 1 saturated carbocycles. The van der Waals surface area contributed by atoms with E-state index in [1.165, 1.54) is 24.2 Å². The summed E-state index contributed by atoms with van der Waals surface area (Å²) in [5.41, 5.74) is 0. The number of hydrogen-bond donors (Lipinski definition) is 2. The standard InChI is InChI=1S/C14H19NO3S/c16-13(15-11-4-1-2-5-11)8-10(9-14(17)18)12-6-3-7-19-12/h3,6-7,10-11H,1-2,4-5,8-9H2,(H,15,16)(H,17,18)/t10-/m1/s1.